The first-order valence-electron chi connectivity index (χ1n) is 9.13. The smallest absolute Gasteiger partial charge is 0.239 e. The normalized spacial score (nSPS) is 14.9. The molecule has 1 fully saturated rings. The van der Waals surface area contributed by atoms with Crippen molar-refractivity contribution in [1.82, 2.24) is 9.80 Å². The number of rotatable bonds is 5. The first-order chi connectivity index (χ1) is 13.0. The molecule has 0 spiro atoms. The second-order valence-corrected chi connectivity index (χ2v) is 7.24. The quantitative estimate of drug-likeness (QED) is 0.806. The van der Waals surface area contributed by atoms with Crippen LogP contribution in [0.2, 0.25) is 5.02 Å². The highest BCUT2D eigenvalue weighted by Gasteiger charge is 2.27. The third kappa shape index (κ3) is 5.96. The molecular weight excluding hydrogens is 397 g/mol. The molecule has 2 aromatic carbocycles. The molecule has 2 amide bonds. The van der Waals surface area contributed by atoms with E-state index in [1.165, 1.54) is 0 Å². The summed E-state index contributed by atoms with van der Waals surface area (Å²) >= 11 is 5.88. The topological polar surface area (TPSA) is 66.6 Å². The monoisotopic (exact) mass is 421 g/mol. The van der Waals surface area contributed by atoms with Crippen LogP contribution in [0.1, 0.15) is 11.1 Å². The molecule has 0 bridgehead atoms. The number of benzene rings is 2. The largest absolute Gasteiger partial charge is 0.339 e. The summed E-state index contributed by atoms with van der Waals surface area (Å²) in [6.45, 7) is 2.12. The maximum Gasteiger partial charge on any atom is 0.239 e. The molecule has 0 unspecified atom stereocenters. The highest BCUT2D eigenvalue weighted by molar-refractivity contribution is 6.30. The number of hydrogen-bond donors (Lipinski definition) is 1. The fraction of sp³-hybridized carbons (Fsp3) is 0.333. The van der Waals surface area contributed by atoms with Crippen LogP contribution in [0.5, 0.6) is 0 Å². The molecule has 0 aliphatic carbocycles. The van der Waals surface area contributed by atoms with Gasteiger partial charge in [-0.1, -0.05) is 54.1 Å². The van der Waals surface area contributed by atoms with Crippen molar-refractivity contribution in [1.29, 1.82) is 0 Å². The highest BCUT2D eigenvalue weighted by Crippen LogP contribution is 2.12. The molecule has 0 radical (unpaired) electrons. The molecule has 150 valence electrons. The average Bonchev–Trinajstić information content (AvgIpc) is 2.70. The van der Waals surface area contributed by atoms with Crippen LogP contribution in [0.15, 0.2) is 54.6 Å². The summed E-state index contributed by atoms with van der Waals surface area (Å²) in [4.78, 5) is 28.6. The second-order valence-electron chi connectivity index (χ2n) is 6.81. The van der Waals surface area contributed by atoms with Gasteiger partial charge >= 0.3 is 0 Å². The summed E-state index contributed by atoms with van der Waals surface area (Å²) < 4.78 is 0. The standard InChI is InChI=1S/C21H24ClN3O2.ClH/c22-18-8-6-17(7-9-18)15-20(26)24-10-12-25(13-11-24)21(27)19(23)14-16-4-2-1-3-5-16;/h1-9,19H,10-15,23H2;1H/t19-;/m0./s1. The van der Waals surface area contributed by atoms with Crippen molar-refractivity contribution < 1.29 is 9.59 Å². The summed E-state index contributed by atoms with van der Waals surface area (Å²) in [6, 6.07) is 16.5. The number of nitrogens with two attached hydrogens (primary N) is 1. The highest BCUT2D eigenvalue weighted by atomic mass is 35.5. The van der Waals surface area contributed by atoms with Crippen molar-refractivity contribution in [2.75, 3.05) is 26.2 Å². The molecular formula is C21H25Cl2N3O2. The lowest BCUT2D eigenvalue weighted by Crippen LogP contribution is -2.54. The lowest BCUT2D eigenvalue weighted by molar-refractivity contribution is -0.140. The van der Waals surface area contributed by atoms with Crippen LogP contribution in [-0.2, 0) is 22.4 Å². The van der Waals surface area contributed by atoms with Gasteiger partial charge in [-0.25, -0.2) is 0 Å². The van der Waals surface area contributed by atoms with E-state index in [-0.39, 0.29) is 24.2 Å². The molecule has 0 saturated carbocycles. The maximum atomic E-state index is 12.6. The van der Waals surface area contributed by atoms with Gasteiger partial charge in [-0.2, -0.15) is 0 Å². The van der Waals surface area contributed by atoms with Gasteiger partial charge in [-0.15, -0.1) is 12.4 Å². The first kappa shape index (κ1) is 22.2. The van der Waals surface area contributed by atoms with E-state index in [4.69, 9.17) is 17.3 Å². The number of halogens is 2. The molecule has 1 atom stereocenters. The number of piperazine rings is 1. The third-order valence-electron chi connectivity index (χ3n) is 4.83. The predicted octanol–water partition coefficient (Wildman–Crippen LogP) is 2.55. The van der Waals surface area contributed by atoms with Gasteiger partial charge in [-0.3, -0.25) is 9.59 Å². The van der Waals surface area contributed by atoms with Crippen molar-refractivity contribution in [3.63, 3.8) is 0 Å². The Kier molecular flexibility index (Phi) is 8.30. The minimum atomic E-state index is -0.552. The van der Waals surface area contributed by atoms with Crippen molar-refractivity contribution in [2.24, 2.45) is 5.73 Å². The van der Waals surface area contributed by atoms with Crippen molar-refractivity contribution in [3.05, 3.63) is 70.7 Å². The molecule has 1 heterocycles. The van der Waals surface area contributed by atoms with Crippen molar-refractivity contribution >= 4 is 35.8 Å². The molecule has 1 aliphatic rings. The van der Waals surface area contributed by atoms with Gasteiger partial charge in [0.2, 0.25) is 11.8 Å². The van der Waals surface area contributed by atoms with Gasteiger partial charge in [0.25, 0.3) is 0 Å². The van der Waals surface area contributed by atoms with E-state index >= 15 is 0 Å². The van der Waals surface area contributed by atoms with E-state index < -0.39 is 6.04 Å². The summed E-state index contributed by atoms with van der Waals surface area (Å²) in [6.07, 6.45) is 0.869. The van der Waals surface area contributed by atoms with E-state index in [0.29, 0.717) is 44.0 Å². The average molecular weight is 422 g/mol. The van der Waals surface area contributed by atoms with E-state index in [9.17, 15) is 9.59 Å². The zero-order valence-electron chi connectivity index (χ0n) is 15.6. The number of hydrogen-bond acceptors (Lipinski definition) is 3. The second kappa shape index (κ2) is 10.5. The summed E-state index contributed by atoms with van der Waals surface area (Å²) in [5.41, 5.74) is 8.10. The molecule has 5 nitrogen and oxygen atoms in total. The number of carbonyl (C=O) groups is 2. The molecule has 2 aromatic rings. The van der Waals surface area contributed by atoms with Crippen LogP contribution < -0.4 is 5.73 Å². The third-order valence-corrected chi connectivity index (χ3v) is 5.08. The van der Waals surface area contributed by atoms with Crippen LogP contribution in [0, 0.1) is 0 Å². The molecule has 2 N–H and O–H groups in total. The van der Waals surface area contributed by atoms with Crippen LogP contribution in [0.3, 0.4) is 0 Å². The van der Waals surface area contributed by atoms with Gasteiger partial charge in [0.05, 0.1) is 12.5 Å². The fourth-order valence-electron chi connectivity index (χ4n) is 3.25. The first-order valence-corrected chi connectivity index (χ1v) is 9.51. The Bertz CT molecular complexity index is 776. The van der Waals surface area contributed by atoms with E-state index in [0.717, 1.165) is 11.1 Å². The molecule has 7 heteroatoms. The van der Waals surface area contributed by atoms with Gasteiger partial charge < -0.3 is 15.5 Å². The van der Waals surface area contributed by atoms with Crippen LogP contribution in [-0.4, -0.2) is 53.8 Å². The Morgan fingerprint density at radius 2 is 1.46 bits per heavy atom. The minimum Gasteiger partial charge on any atom is -0.339 e. The van der Waals surface area contributed by atoms with Gasteiger partial charge in [-0.05, 0) is 29.7 Å². The zero-order valence-corrected chi connectivity index (χ0v) is 17.2. The van der Waals surface area contributed by atoms with E-state index in [1.54, 1.807) is 21.9 Å². The molecule has 1 saturated heterocycles. The summed E-state index contributed by atoms with van der Waals surface area (Å²) in [5.74, 6) is 0.0154. The molecule has 3 rings (SSSR count). The Labute approximate surface area is 176 Å². The van der Waals surface area contributed by atoms with Gasteiger partial charge in [0.1, 0.15) is 0 Å². The van der Waals surface area contributed by atoms with Crippen molar-refractivity contribution in [2.45, 2.75) is 18.9 Å². The Morgan fingerprint density at radius 3 is 2.07 bits per heavy atom. The SMILES string of the molecule is Cl.N[C@@H](Cc1ccccc1)C(=O)N1CCN(C(=O)Cc2ccc(Cl)cc2)CC1. The number of nitrogens with zero attached hydrogens (tertiary/aromatic N) is 2. The van der Waals surface area contributed by atoms with Gasteiger partial charge in [0, 0.05) is 31.2 Å². The van der Waals surface area contributed by atoms with Crippen LogP contribution in [0.25, 0.3) is 0 Å². The Hall–Kier alpha value is -2.08. The van der Waals surface area contributed by atoms with Crippen LogP contribution >= 0.6 is 24.0 Å². The van der Waals surface area contributed by atoms with E-state index in [2.05, 4.69) is 0 Å². The Morgan fingerprint density at radius 1 is 0.893 bits per heavy atom. The zero-order chi connectivity index (χ0) is 19.2. The number of carbonyl (C=O) groups excluding carboxylic acids is 2. The maximum absolute atomic E-state index is 12.6. The van der Waals surface area contributed by atoms with E-state index in [1.807, 2.05) is 42.5 Å². The lowest BCUT2D eigenvalue weighted by atomic mass is 10.1. The number of amides is 2. The Balaban J connectivity index is 0.00000280. The fourth-order valence-corrected chi connectivity index (χ4v) is 3.38. The lowest BCUT2D eigenvalue weighted by Gasteiger charge is -2.36. The molecule has 28 heavy (non-hydrogen) atoms. The molecule has 0 aromatic heterocycles. The molecule has 1 aliphatic heterocycles. The van der Waals surface area contributed by atoms with Crippen LogP contribution in [0.4, 0.5) is 0 Å². The van der Waals surface area contributed by atoms with Gasteiger partial charge in [0.15, 0.2) is 0 Å². The predicted molar refractivity (Wildman–Crippen MR) is 114 cm³/mol. The summed E-state index contributed by atoms with van der Waals surface area (Å²) in [5, 5.41) is 0.658. The minimum absolute atomic E-state index is 0. The van der Waals surface area contributed by atoms with Crippen molar-refractivity contribution in [3.8, 4) is 0 Å². The summed E-state index contributed by atoms with van der Waals surface area (Å²) in [7, 11) is 0.